The quantitative estimate of drug-likeness (QED) is 0.830. The van der Waals surface area contributed by atoms with E-state index in [1.165, 1.54) is 12.3 Å². The zero-order chi connectivity index (χ0) is 15.5. The number of aromatic hydroxyl groups is 1. The summed E-state index contributed by atoms with van der Waals surface area (Å²) in [6, 6.07) is 8.39. The number of methoxy groups -OCH3 is 1. The Morgan fingerprint density at radius 1 is 1.33 bits per heavy atom. The van der Waals surface area contributed by atoms with Crippen molar-refractivity contribution in [2.45, 2.75) is 19.4 Å². The van der Waals surface area contributed by atoms with Crippen LogP contribution in [0, 0.1) is 6.92 Å². The molecule has 0 aliphatic heterocycles. The molecule has 0 saturated heterocycles. The number of hydrogen-bond acceptors (Lipinski definition) is 5. The number of phenolic OH excluding ortho intramolecular Hbond substituents is 1. The summed E-state index contributed by atoms with van der Waals surface area (Å²) < 4.78 is 10.5. The zero-order valence-corrected chi connectivity index (χ0v) is 12.3. The molecule has 2 aromatic rings. The summed E-state index contributed by atoms with van der Waals surface area (Å²) in [6.07, 6.45) is 1.50. The number of ether oxygens (including phenoxy) is 1. The third-order valence-electron chi connectivity index (χ3n) is 3.14. The molecule has 1 unspecified atom stereocenters. The first-order chi connectivity index (χ1) is 9.92. The molecule has 0 spiro atoms. The van der Waals surface area contributed by atoms with Crippen molar-refractivity contribution in [3.8, 4) is 11.5 Å². The Kier molecular flexibility index (Phi) is 4.33. The van der Waals surface area contributed by atoms with E-state index in [0.29, 0.717) is 17.1 Å². The van der Waals surface area contributed by atoms with Crippen molar-refractivity contribution in [1.82, 2.24) is 0 Å². The molecule has 0 bridgehead atoms. The van der Waals surface area contributed by atoms with Gasteiger partial charge in [-0.1, -0.05) is 0 Å². The molecule has 5 nitrogen and oxygen atoms in total. The van der Waals surface area contributed by atoms with Crippen LogP contribution in [-0.4, -0.2) is 30.1 Å². The van der Waals surface area contributed by atoms with Crippen molar-refractivity contribution >= 4 is 6.21 Å². The molecule has 1 atom stereocenters. The largest absolute Gasteiger partial charge is 0.507 e. The number of furan rings is 1. The second kappa shape index (κ2) is 6.01. The summed E-state index contributed by atoms with van der Waals surface area (Å²) in [7, 11) is 1.55. The second-order valence-corrected chi connectivity index (χ2v) is 5.08. The Hall–Kier alpha value is -2.27. The summed E-state index contributed by atoms with van der Waals surface area (Å²) in [5.74, 6) is 1.93. The molecular weight excluding hydrogens is 270 g/mol. The molecule has 0 fully saturated rings. The summed E-state index contributed by atoms with van der Waals surface area (Å²) in [5, 5.41) is 20.1. The zero-order valence-electron chi connectivity index (χ0n) is 12.3. The minimum absolute atomic E-state index is 0.105. The van der Waals surface area contributed by atoms with Crippen molar-refractivity contribution in [3.05, 3.63) is 47.4 Å². The van der Waals surface area contributed by atoms with Gasteiger partial charge in [0.2, 0.25) is 0 Å². The molecular formula is C16H19NO4. The van der Waals surface area contributed by atoms with Crippen LogP contribution in [0.3, 0.4) is 0 Å². The van der Waals surface area contributed by atoms with Gasteiger partial charge in [0.15, 0.2) is 0 Å². The van der Waals surface area contributed by atoms with Crippen LogP contribution >= 0.6 is 0 Å². The summed E-state index contributed by atoms with van der Waals surface area (Å²) in [5.41, 5.74) is -0.667. The number of rotatable bonds is 5. The van der Waals surface area contributed by atoms with Gasteiger partial charge in [-0.25, -0.2) is 0 Å². The predicted molar refractivity (Wildman–Crippen MR) is 80.1 cm³/mol. The van der Waals surface area contributed by atoms with Gasteiger partial charge in [-0.15, -0.1) is 0 Å². The molecule has 1 heterocycles. The molecule has 112 valence electrons. The predicted octanol–water partition coefficient (Wildman–Crippen LogP) is 2.63. The van der Waals surface area contributed by atoms with E-state index in [1.54, 1.807) is 38.3 Å². The first-order valence-corrected chi connectivity index (χ1v) is 6.58. The highest BCUT2D eigenvalue weighted by Crippen LogP contribution is 2.24. The average Bonchev–Trinajstić information content (AvgIpc) is 2.88. The summed E-state index contributed by atoms with van der Waals surface area (Å²) in [6.45, 7) is 3.57. The monoisotopic (exact) mass is 289 g/mol. The molecule has 2 rings (SSSR count). The maximum absolute atomic E-state index is 10.4. The lowest BCUT2D eigenvalue weighted by Crippen LogP contribution is -2.24. The van der Waals surface area contributed by atoms with Crippen LogP contribution in [0.5, 0.6) is 11.5 Å². The van der Waals surface area contributed by atoms with Crippen molar-refractivity contribution in [3.63, 3.8) is 0 Å². The average molecular weight is 289 g/mol. The molecule has 1 aromatic heterocycles. The van der Waals surface area contributed by atoms with E-state index >= 15 is 0 Å². The van der Waals surface area contributed by atoms with Crippen LogP contribution < -0.4 is 4.74 Å². The van der Waals surface area contributed by atoms with Gasteiger partial charge >= 0.3 is 0 Å². The maximum Gasteiger partial charge on any atom is 0.139 e. The fourth-order valence-electron chi connectivity index (χ4n) is 1.89. The Labute approximate surface area is 123 Å². The SMILES string of the molecule is COc1ccc(O)c(C=NCC(C)(O)c2ccc(C)o2)c1. The van der Waals surface area contributed by atoms with Crippen LogP contribution in [0.1, 0.15) is 24.0 Å². The van der Waals surface area contributed by atoms with Crippen LogP contribution in [0.2, 0.25) is 0 Å². The van der Waals surface area contributed by atoms with Gasteiger partial charge in [-0.05, 0) is 44.2 Å². The third kappa shape index (κ3) is 3.64. The number of benzene rings is 1. The fourth-order valence-corrected chi connectivity index (χ4v) is 1.89. The van der Waals surface area contributed by atoms with Gasteiger partial charge in [0, 0.05) is 11.8 Å². The standard InChI is InChI=1S/C16H19NO4/c1-11-4-7-15(21-11)16(2,19)10-17-9-12-8-13(20-3)5-6-14(12)18/h4-9,18-19H,10H2,1-3H3. The number of aliphatic hydroxyl groups is 1. The minimum Gasteiger partial charge on any atom is -0.507 e. The van der Waals surface area contributed by atoms with Crippen LogP contribution in [0.15, 0.2) is 39.7 Å². The highest BCUT2D eigenvalue weighted by Gasteiger charge is 2.26. The van der Waals surface area contributed by atoms with Crippen LogP contribution in [0.25, 0.3) is 0 Å². The Morgan fingerprint density at radius 2 is 2.10 bits per heavy atom. The fraction of sp³-hybridized carbons (Fsp3) is 0.312. The molecule has 2 N–H and O–H groups in total. The summed E-state index contributed by atoms with van der Waals surface area (Å²) in [4.78, 5) is 4.18. The van der Waals surface area contributed by atoms with Crippen molar-refractivity contribution in [2.75, 3.05) is 13.7 Å². The smallest absolute Gasteiger partial charge is 0.139 e. The summed E-state index contributed by atoms with van der Waals surface area (Å²) >= 11 is 0. The van der Waals surface area contributed by atoms with E-state index < -0.39 is 5.60 Å². The highest BCUT2D eigenvalue weighted by molar-refractivity contribution is 5.84. The normalized spacial score (nSPS) is 14.3. The van der Waals surface area contributed by atoms with Gasteiger partial charge in [-0.2, -0.15) is 0 Å². The molecule has 0 aliphatic rings. The molecule has 21 heavy (non-hydrogen) atoms. The van der Waals surface area contributed by atoms with E-state index in [4.69, 9.17) is 9.15 Å². The van der Waals surface area contributed by atoms with Crippen LogP contribution in [0.4, 0.5) is 0 Å². The van der Waals surface area contributed by atoms with Gasteiger partial charge in [0.1, 0.15) is 28.6 Å². The number of aryl methyl sites for hydroxylation is 1. The Morgan fingerprint density at radius 3 is 2.71 bits per heavy atom. The number of nitrogens with zero attached hydrogens (tertiary/aromatic N) is 1. The van der Waals surface area contributed by atoms with Gasteiger partial charge in [0.05, 0.1) is 13.7 Å². The molecule has 1 aromatic carbocycles. The van der Waals surface area contributed by atoms with Gasteiger partial charge < -0.3 is 19.4 Å². The molecule has 0 radical (unpaired) electrons. The van der Waals surface area contributed by atoms with Gasteiger partial charge in [0.25, 0.3) is 0 Å². The van der Waals surface area contributed by atoms with Gasteiger partial charge in [-0.3, -0.25) is 4.99 Å². The first kappa shape index (κ1) is 15.1. The van der Waals surface area contributed by atoms with Crippen molar-refractivity contribution in [1.29, 1.82) is 0 Å². The van der Waals surface area contributed by atoms with E-state index in [1.807, 2.05) is 6.92 Å². The molecule has 0 aliphatic carbocycles. The minimum atomic E-state index is -1.20. The molecule has 5 heteroatoms. The first-order valence-electron chi connectivity index (χ1n) is 6.58. The topological polar surface area (TPSA) is 75.2 Å². The number of hydrogen-bond donors (Lipinski definition) is 2. The van der Waals surface area contributed by atoms with E-state index in [9.17, 15) is 10.2 Å². The molecule has 0 saturated carbocycles. The number of aliphatic imine (C=N–C) groups is 1. The second-order valence-electron chi connectivity index (χ2n) is 5.08. The third-order valence-corrected chi connectivity index (χ3v) is 3.14. The molecule has 0 amide bonds. The van der Waals surface area contributed by atoms with E-state index in [-0.39, 0.29) is 12.3 Å². The lowest BCUT2D eigenvalue weighted by Gasteiger charge is -2.17. The Bertz CT molecular complexity index is 643. The lowest BCUT2D eigenvalue weighted by atomic mass is 10.0. The lowest BCUT2D eigenvalue weighted by molar-refractivity contribution is 0.0431. The van der Waals surface area contributed by atoms with Crippen LogP contribution in [-0.2, 0) is 5.60 Å². The van der Waals surface area contributed by atoms with Crippen molar-refractivity contribution in [2.24, 2.45) is 4.99 Å². The van der Waals surface area contributed by atoms with E-state index in [2.05, 4.69) is 4.99 Å². The highest BCUT2D eigenvalue weighted by atomic mass is 16.5. The number of phenols is 1. The maximum atomic E-state index is 10.4. The van der Waals surface area contributed by atoms with Crippen molar-refractivity contribution < 1.29 is 19.4 Å². The van der Waals surface area contributed by atoms with E-state index in [0.717, 1.165) is 5.76 Å². The Balaban J connectivity index is 2.11.